The second-order valence-electron chi connectivity index (χ2n) is 7.94. The first-order valence-corrected chi connectivity index (χ1v) is 12.3. The molecule has 0 aliphatic carbocycles. The molecule has 0 saturated carbocycles. The molecule has 10 heteroatoms. The minimum Gasteiger partial charge on any atom is -0.481 e. The van der Waals surface area contributed by atoms with Crippen LogP contribution in [0.5, 0.6) is 5.88 Å². The Bertz CT molecular complexity index is 1270. The fourth-order valence-electron chi connectivity index (χ4n) is 3.93. The predicted molar refractivity (Wildman–Crippen MR) is 137 cm³/mol. The van der Waals surface area contributed by atoms with E-state index in [9.17, 15) is 14.7 Å². The van der Waals surface area contributed by atoms with Crippen LogP contribution in [0.2, 0.25) is 0 Å². The van der Waals surface area contributed by atoms with Crippen LogP contribution in [0.15, 0.2) is 54.2 Å². The molecular formula is C26H26N4O5S. The number of carboxylic acid groups (broad SMARTS) is 1. The summed E-state index contributed by atoms with van der Waals surface area (Å²) in [5.74, 6) is 0.302. The molecule has 186 valence electrons. The molecule has 4 rings (SSSR count). The average Bonchev–Trinajstić information content (AvgIpc) is 3.35. The zero-order chi connectivity index (χ0) is 25.5. The van der Waals surface area contributed by atoms with Gasteiger partial charge in [0.1, 0.15) is 10.8 Å². The van der Waals surface area contributed by atoms with Crippen LogP contribution in [0.4, 0.5) is 10.6 Å². The smallest absolute Gasteiger partial charge is 0.413 e. The number of nitrogens with zero attached hydrogens (tertiary/aromatic N) is 4. The van der Waals surface area contributed by atoms with Crippen LogP contribution in [-0.2, 0) is 9.53 Å². The molecule has 0 spiro atoms. The third-order valence-corrected chi connectivity index (χ3v) is 6.61. The van der Waals surface area contributed by atoms with Crippen LogP contribution in [0.1, 0.15) is 47.5 Å². The largest absolute Gasteiger partial charge is 0.481 e. The lowest BCUT2D eigenvalue weighted by molar-refractivity contribution is -0.143. The molecule has 36 heavy (non-hydrogen) atoms. The third-order valence-electron chi connectivity index (χ3n) is 5.63. The van der Waals surface area contributed by atoms with Gasteiger partial charge in [0, 0.05) is 35.3 Å². The van der Waals surface area contributed by atoms with Crippen molar-refractivity contribution in [1.29, 1.82) is 0 Å². The Morgan fingerprint density at radius 1 is 1.28 bits per heavy atom. The first-order chi connectivity index (χ1) is 17.5. The highest BCUT2D eigenvalue weighted by atomic mass is 32.1. The van der Waals surface area contributed by atoms with Gasteiger partial charge in [0.05, 0.1) is 31.9 Å². The number of thiazole rings is 1. The van der Waals surface area contributed by atoms with Crippen molar-refractivity contribution in [3.8, 4) is 5.88 Å². The Balaban J connectivity index is 1.50. The minimum absolute atomic E-state index is 0.144. The summed E-state index contributed by atoms with van der Waals surface area (Å²) in [6.07, 6.45) is 10.3. The van der Waals surface area contributed by atoms with Crippen LogP contribution in [0.25, 0.3) is 12.2 Å². The Labute approximate surface area is 212 Å². The molecule has 0 saturated heterocycles. The number of amides is 1. The van der Waals surface area contributed by atoms with E-state index in [1.165, 1.54) is 16.2 Å². The molecule has 0 bridgehead atoms. The number of carbonyl (C=O) groups excluding carboxylic acids is 1. The molecule has 1 amide bonds. The molecular weight excluding hydrogens is 480 g/mol. The van der Waals surface area contributed by atoms with Gasteiger partial charge < -0.3 is 14.6 Å². The van der Waals surface area contributed by atoms with Crippen molar-refractivity contribution >= 4 is 41.4 Å². The van der Waals surface area contributed by atoms with E-state index in [1.54, 1.807) is 38.6 Å². The summed E-state index contributed by atoms with van der Waals surface area (Å²) >= 11 is 1.45. The highest BCUT2D eigenvalue weighted by Crippen LogP contribution is 2.32. The van der Waals surface area contributed by atoms with E-state index >= 15 is 0 Å². The quantitative estimate of drug-likeness (QED) is 0.403. The predicted octanol–water partition coefficient (Wildman–Crippen LogP) is 5.01. The normalized spacial score (nSPS) is 15.5. The molecule has 3 aromatic heterocycles. The van der Waals surface area contributed by atoms with Crippen LogP contribution in [0, 0.1) is 0 Å². The van der Waals surface area contributed by atoms with Crippen molar-refractivity contribution in [1.82, 2.24) is 15.0 Å². The van der Waals surface area contributed by atoms with E-state index in [4.69, 9.17) is 14.5 Å². The van der Waals surface area contributed by atoms with Gasteiger partial charge in [-0.05, 0) is 37.1 Å². The second kappa shape index (κ2) is 11.6. The number of hydrogen-bond acceptors (Lipinski definition) is 8. The molecule has 3 aromatic rings. The molecule has 1 aliphatic heterocycles. The van der Waals surface area contributed by atoms with Gasteiger partial charge in [-0.3, -0.25) is 9.69 Å². The molecule has 2 unspecified atom stereocenters. The first kappa shape index (κ1) is 25.1. The van der Waals surface area contributed by atoms with Gasteiger partial charge in [0.2, 0.25) is 5.88 Å². The number of pyridine rings is 2. The van der Waals surface area contributed by atoms with Crippen molar-refractivity contribution in [3.05, 3.63) is 76.0 Å². The SMILES string of the molecule is CCOC(=O)CC(c1ccc(OC)nc1)c1nc(C=CCC2C=Cc3cccnc3N2C(=O)O)cs1. The van der Waals surface area contributed by atoms with Gasteiger partial charge in [0.15, 0.2) is 0 Å². The maximum atomic E-state index is 12.3. The topological polar surface area (TPSA) is 115 Å². The van der Waals surface area contributed by atoms with Crippen molar-refractivity contribution < 1.29 is 24.2 Å². The summed E-state index contributed by atoms with van der Waals surface area (Å²) in [6.45, 7) is 2.08. The van der Waals surface area contributed by atoms with Crippen molar-refractivity contribution in [2.75, 3.05) is 18.6 Å². The van der Waals surface area contributed by atoms with E-state index in [-0.39, 0.29) is 24.3 Å². The number of aromatic nitrogens is 3. The lowest BCUT2D eigenvalue weighted by Crippen LogP contribution is -2.40. The molecule has 2 atom stereocenters. The molecule has 9 nitrogen and oxygen atoms in total. The molecule has 0 radical (unpaired) electrons. The fraction of sp³-hybridized carbons (Fsp3) is 0.269. The number of esters is 1. The van der Waals surface area contributed by atoms with Crippen LogP contribution >= 0.6 is 11.3 Å². The Morgan fingerprint density at radius 3 is 2.86 bits per heavy atom. The van der Waals surface area contributed by atoms with E-state index < -0.39 is 6.09 Å². The minimum atomic E-state index is -1.05. The van der Waals surface area contributed by atoms with Crippen molar-refractivity contribution in [2.45, 2.75) is 31.7 Å². The lowest BCUT2D eigenvalue weighted by atomic mass is 9.98. The number of ether oxygens (including phenoxy) is 2. The average molecular weight is 507 g/mol. The Morgan fingerprint density at radius 2 is 2.14 bits per heavy atom. The number of anilines is 1. The maximum absolute atomic E-state index is 12.3. The molecule has 0 fully saturated rings. The maximum Gasteiger partial charge on any atom is 0.413 e. The standard InChI is InChI=1S/C26H26N4O5S/c1-3-35-23(31)14-21(18-10-12-22(34-2)28-15-18)25-29-19(16-36-25)7-4-8-20-11-9-17-6-5-13-27-24(17)30(20)26(32)33/h4-7,9-13,15-16,20-21H,3,8,14H2,1-2H3,(H,32,33). The molecule has 1 N–H and O–H groups in total. The summed E-state index contributed by atoms with van der Waals surface area (Å²) in [7, 11) is 1.55. The van der Waals surface area contributed by atoms with Crippen LogP contribution in [0.3, 0.4) is 0 Å². The van der Waals surface area contributed by atoms with Gasteiger partial charge in [-0.15, -0.1) is 11.3 Å². The fourth-order valence-corrected chi connectivity index (χ4v) is 4.85. The summed E-state index contributed by atoms with van der Waals surface area (Å²) in [5.41, 5.74) is 2.33. The van der Waals surface area contributed by atoms with E-state index in [2.05, 4.69) is 9.97 Å². The third kappa shape index (κ3) is 5.77. The van der Waals surface area contributed by atoms with E-state index in [1.807, 2.05) is 41.8 Å². The monoisotopic (exact) mass is 506 g/mol. The first-order valence-electron chi connectivity index (χ1n) is 11.4. The summed E-state index contributed by atoms with van der Waals surface area (Å²) in [6, 6.07) is 6.86. The zero-order valence-corrected chi connectivity index (χ0v) is 20.7. The van der Waals surface area contributed by atoms with Crippen molar-refractivity contribution in [2.24, 2.45) is 0 Å². The lowest BCUT2D eigenvalue weighted by Gasteiger charge is -2.29. The Hall–Kier alpha value is -4.05. The van der Waals surface area contributed by atoms with Crippen LogP contribution < -0.4 is 9.64 Å². The molecule has 1 aliphatic rings. The number of rotatable bonds is 9. The second-order valence-corrected chi connectivity index (χ2v) is 8.83. The zero-order valence-electron chi connectivity index (χ0n) is 19.9. The van der Waals surface area contributed by atoms with Gasteiger partial charge in [-0.1, -0.05) is 24.3 Å². The van der Waals surface area contributed by atoms with E-state index in [0.29, 0.717) is 24.7 Å². The molecule has 4 heterocycles. The van der Waals surface area contributed by atoms with Gasteiger partial charge in [-0.2, -0.15) is 0 Å². The highest BCUT2D eigenvalue weighted by molar-refractivity contribution is 7.09. The van der Waals surface area contributed by atoms with E-state index in [0.717, 1.165) is 21.8 Å². The number of fused-ring (bicyclic) bond motifs is 1. The van der Waals surface area contributed by atoms with Gasteiger partial charge in [-0.25, -0.2) is 19.7 Å². The highest BCUT2D eigenvalue weighted by Gasteiger charge is 2.28. The number of hydrogen-bond donors (Lipinski definition) is 1. The number of carbonyl (C=O) groups is 2. The summed E-state index contributed by atoms with van der Waals surface area (Å²) in [4.78, 5) is 38.7. The Kier molecular flexibility index (Phi) is 8.06. The van der Waals surface area contributed by atoms with Crippen LogP contribution in [-0.4, -0.2) is 51.9 Å². The summed E-state index contributed by atoms with van der Waals surface area (Å²) in [5, 5.41) is 12.4. The number of methoxy groups -OCH3 is 1. The van der Waals surface area contributed by atoms with Gasteiger partial charge in [0.25, 0.3) is 0 Å². The summed E-state index contributed by atoms with van der Waals surface area (Å²) < 4.78 is 10.3. The van der Waals surface area contributed by atoms with Gasteiger partial charge >= 0.3 is 12.1 Å². The van der Waals surface area contributed by atoms with Crippen molar-refractivity contribution in [3.63, 3.8) is 0 Å². The molecule has 0 aromatic carbocycles.